The van der Waals surface area contributed by atoms with Crippen molar-refractivity contribution in [2.45, 2.75) is 34.1 Å². The first-order chi connectivity index (χ1) is 7.34. The molecule has 1 rings (SSSR count). The van der Waals surface area contributed by atoms with Gasteiger partial charge in [0.25, 0.3) is 0 Å². The van der Waals surface area contributed by atoms with Crippen molar-refractivity contribution < 1.29 is 14.3 Å². The lowest BCUT2D eigenvalue weighted by molar-refractivity contribution is -0.144. The molecule has 0 amide bonds. The van der Waals surface area contributed by atoms with E-state index in [1.165, 1.54) is 19.9 Å². The molecule has 0 aromatic heterocycles. The van der Waals surface area contributed by atoms with E-state index in [4.69, 9.17) is 4.74 Å². The molecule has 1 fully saturated rings. The van der Waals surface area contributed by atoms with Crippen molar-refractivity contribution in [2.75, 3.05) is 6.61 Å². The topological polar surface area (TPSA) is 43.4 Å². The molecule has 0 aliphatic heterocycles. The van der Waals surface area contributed by atoms with E-state index < -0.39 is 0 Å². The molecule has 1 aliphatic rings. The van der Waals surface area contributed by atoms with Crippen LogP contribution < -0.4 is 0 Å². The third-order valence-electron chi connectivity index (χ3n) is 3.19. The fourth-order valence-corrected chi connectivity index (χ4v) is 1.80. The number of ether oxygens (including phenoxy) is 1. The Balaban J connectivity index is 2.63. The number of rotatable bonds is 3. The van der Waals surface area contributed by atoms with Crippen LogP contribution in [0, 0.1) is 11.3 Å². The summed E-state index contributed by atoms with van der Waals surface area (Å²) in [5, 5.41) is 0. The Kier molecular flexibility index (Phi) is 3.71. The van der Waals surface area contributed by atoms with Gasteiger partial charge in [-0.25, -0.2) is 0 Å². The monoisotopic (exact) mass is 222 g/mol. The van der Waals surface area contributed by atoms with Gasteiger partial charge in [0.05, 0.1) is 6.61 Å². The number of carbonyl (C=O) groups excluding carboxylic acids is 2. The number of ketones is 1. The molecule has 1 aliphatic carbocycles. The normalized spacial score (nSPS) is 21.8. The average Bonchev–Trinajstić information content (AvgIpc) is 2.14. The molecule has 1 atom stereocenters. The predicted molar refractivity (Wildman–Crippen MR) is 60.8 cm³/mol. The van der Waals surface area contributed by atoms with Crippen LogP contribution in [-0.2, 0) is 14.3 Å². The number of allylic oxidation sites excluding steroid dienone is 1. The SMILES string of the molecule is CC(=O)C=C=C1CC(COC(C)=O)C1(C)C. The van der Waals surface area contributed by atoms with Crippen LogP contribution in [0.4, 0.5) is 0 Å². The van der Waals surface area contributed by atoms with Gasteiger partial charge in [-0.3, -0.25) is 9.59 Å². The van der Waals surface area contributed by atoms with E-state index in [1.807, 2.05) is 0 Å². The maximum absolute atomic E-state index is 10.8. The molecule has 0 aromatic rings. The van der Waals surface area contributed by atoms with Crippen LogP contribution in [0.2, 0.25) is 0 Å². The standard InChI is InChI=1S/C13H18O3/c1-9(14)5-6-11-7-12(13(11,3)4)8-16-10(2)15/h5,12H,7-8H2,1-4H3. The highest BCUT2D eigenvalue weighted by molar-refractivity contribution is 5.87. The summed E-state index contributed by atoms with van der Waals surface area (Å²) < 4.78 is 5.00. The van der Waals surface area contributed by atoms with Crippen molar-refractivity contribution in [3.05, 3.63) is 17.4 Å². The Hall–Kier alpha value is -1.34. The zero-order chi connectivity index (χ0) is 12.3. The van der Waals surface area contributed by atoms with E-state index in [0.717, 1.165) is 12.0 Å². The van der Waals surface area contributed by atoms with Crippen molar-refractivity contribution in [2.24, 2.45) is 11.3 Å². The van der Waals surface area contributed by atoms with E-state index >= 15 is 0 Å². The van der Waals surface area contributed by atoms with Crippen LogP contribution in [0.25, 0.3) is 0 Å². The number of hydrogen-bond donors (Lipinski definition) is 0. The van der Waals surface area contributed by atoms with Gasteiger partial charge in [0, 0.05) is 18.9 Å². The van der Waals surface area contributed by atoms with Gasteiger partial charge in [0.2, 0.25) is 0 Å². The third kappa shape index (κ3) is 2.83. The van der Waals surface area contributed by atoms with Gasteiger partial charge in [-0.05, 0) is 24.3 Å². The number of carbonyl (C=O) groups is 2. The first-order valence-corrected chi connectivity index (χ1v) is 5.44. The average molecular weight is 222 g/mol. The largest absolute Gasteiger partial charge is 0.466 e. The van der Waals surface area contributed by atoms with Crippen molar-refractivity contribution >= 4 is 11.8 Å². The van der Waals surface area contributed by atoms with Gasteiger partial charge in [-0.15, -0.1) is 5.73 Å². The van der Waals surface area contributed by atoms with Gasteiger partial charge < -0.3 is 4.74 Å². The second-order valence-electron chi connectivity index (χ2n) is 4.80. The van der Waals surface area contributed by atoms with E-state index in [9.17, 15) is 9.59 Å². The lowest BCUT2D eigenvalue weighted by atomic mass is 9.59. The second kappa shape index (κ2) is 4.67. The fraction of sp³-hybridized carbons (Fsp3) is 0.615. The zero-order valence-electron chi connectivity index (χ0n) is 10.3. The minimum Gasteiger partial charge on any atom is -0.466 e. The molecule has 0 N–H and O–H groups in total. The van der Waals surface area contributed by atoms with Gasteiger partial charge in [-0.1, -0.05) is 13.8 Å². The van der Waals surface area contributed by atoms with Crippen molar-refractivity contribution in [3.63, 3.8) is 0 Å². The summed E-state index contributed by atoms with van der Waals surface area (Å²) in [5.74, 6) is 0.0958. The quantitative estimate of drug-likeness (QED) is 0.418. The molecule has 0 aromatic carbocycles. The minimum atomic E-state index is -0.243. The Morgan fingerprint density at radius 1 is 1.50 bits per heavy atom. The van der Waals surface area contributed by atoms with Gasteiger partial charge in [0.15, 0.2) is 5.78 Å². The van der Waals surface area contributed by atoms with Crippen LogP contribution in [0.3, 0.4) is 0 Å². The molecule has 0 radical (unpaired) electrons. The zero-order valence-corrected chi connectivity index (χ0v) is 10.3. The summed E-state index contributed by atoms with van der Waals surface area (Å²) in [4.78, 5) is 21.5. The molecule has 3 heteroatoms. The first-order valence-electron chi connectivity index (χ1n) is 5.44. The molecule has 1 saturated carbocycles. The second-order valence-corrected chi connectivity index (χ2v) is 4.80. The van der Waals surface area contributed by atoms with Gasteiger partial charge >= 0.3 is 5.97 Å². The predicted octanol–water partition coefficient (Wildman–Crippen LogP) is 2.27. The Labute approximate surface area is 96.2 Å². The maximum atomic E-state index is 10.8. The smallest absolute Gasteiger partial charge is 0.302 e. The molecule has 0 bridgehead atoms. The molecule has 0 heterocycles. The lowest BCUT2D eigenvalue weighted by Crippen LogP contribution is -2.40. The van der Waals surface area contributed by atoms with Crippen LogP contribution in [0.15, 0.2) is 17.4 Å². The summed E-state index contributed by atoms with van der Waals surface area (Å²) in [5.41, 5.74) is 4.13. The Bertz CT molecular complexity index is 371. The molecule has 3 nitrogen and oxygen atoms in total. The van der Waals surface area contributed by atoms with Gasteiger partial charge in [0.1, 0.15) is 0 Å². The number of esters is 1. The lowest BCUT2D eigenvalue weighted by Gasteiger charge is -2.45. The van der Waals surface area contributed by atoms with Crippen LogP contribution in [0.1, 0.15) is 34.1 Å². The van der Waals surface area contributed by atoms with E-state index in [0.29, 0.717) is 12.5 Å². The Morgan fingerprint density at radius 2 is 2.12 bits per heavy atom. The first kappa shape index (κ1) is 12.7. The molecule has 0 saturated heterocycles. The van der Waals surface area contributed by atoms with Crippen molar-refractivity contribution in [1.82, 2.24) is 0 Å². The minimum absolute atomic E-state index is 0.00624. The molecule has 88 valence electrons. The highest BCUT2D eigenvalue weighted by Crippen LogP contribution is 2.50. The molecule has 1 unspecified atom stereocenters. The van der Waals surface area contributed by atoms with Crippen molar-refractivity contribution in [1.29, 1.82) is 0 Å². The van der Waals surface area contributed by atoms with E-state index in [2.05, 4.69) is 19.6 Å². The summed E-state index contributed by atoms with van der Waals surface area (Å²) in [6.45, 7) is 7.54. The Morgan fingerprint density at radius 3 is 2.56 bits per heavy atom. The number of hydrogen-bond acceptors (Lipinski definition) is 3. The summed E-state index contributed by atoms with van der Waals surface area (Å²) >= 11 is 0. The summed E-state index contributed by atoms with van der Waals surface area (Å²) in [6.07, 6.45) is 2.32. The molecular weight excluding hydrogens is 204 g/mol. The van der Waals surface area contributed by atoms with Crippen molar-refractivity contribution in [3.8, 4) is 0 Å². The van der Waals surface area contributed by atoms with Crippen LogP contribution in [-0.4, -0.2) is 18.4 Å². The van der Waals surface area contributed by atoms with Crippen LogP contribution >= 0.6 is 0 Å². The fourth-order valence-electron chi connectivity index (χ4n) is 1.80. The molecule has 0 spiro atoms. The highest BCUT2D eigenvalue weighted by atomic mass is 16.5. The van der Waals surface area contributed by atoms with E-state index in [-0.39, 0.29) is 17.2 Å². The molecule has 16 heavy (non-hydrogen) atoms. The summed E-state index contributed by atoms with van der Waals surface area (Å²) in [6, 6.07) is 0. The molecular formula is C13H18O3. The third-order valence-corrected chi connectivity index (χ3v) is 3.19. The van der Waals surface area contributed by atoms with E-state index in [1.54, 1.807) is 0 Å². The summed E-state index contributed by atoms with van der Waals surface area (Å²) in [7, 11) is 0. The maximum Gasteiger partial charge on any atom is 0.302 e. The van der Waals surface area contributed by atoms with Crippen LogP contribution in [0.5, 0.6) is 0 Å². The van der Waals surface area contributed by atoms with Gasteiger partial charge in [-0.2, -0.15) is 0 Å². The highest BCUT2D eigenvalue weighted by Gasteiger charge is 2.43.